The molecule has 2 atom stereocenters. The van der Waals surface area contributed by atoms with Crippen LogP contribution in [0.25, 0.3) is 0 Å². The van der Waals surface area contributed by atoms with Crippen molar-refractivity contribution in [1.29, 1.82) is 0 Å². The van der Waals surface area contributed by atoms with Gasteiger partial charge in [0, 0.05) is 10.9 Å². The van der Waals surface area contributed by atoms with Gasteiger partial charge in [-0.05, 0) is 47.4 Å². The van der Waals surface area contributed by atoms with Crippen LogP contribution in [0.2, 0.25) is 5.02 Å². The molecule has 0 amide bonds. The highest BCUT2D eigenvalue weighted by Crippen LogP contribution is 2.47. The molecule has 2 nitrogen and oxygen atoms in total. The number of hydrazone groups is 1. The molecule has 1 heterocycles. The Morgan fingerprint density at radius 3 is 2.36 bits per heavy atom. The number of halogens is 1. The SMILES string of the molecule is Clc1ccc(C2=NN(c3ccccc3)[C@H]3c4ccccc4C[C@@H]23)cc1. The van der Waals surface area contributed by atoms with Gasteiger partial charge in [-0.15, -0.1) is 0 Å². The lowest BCUT2D eigenvalue weighted by Gasteiger charge is -2.24. The van der Waals surface area contributed by atoms with Crippen molar-refractivity contribution < 1.29 is 0 Å². The van der Waals surface area contributed by atoms with Crippen molar-refractivity contribution in [3.63, 3.8) is 0 Å². The van der Waals surface area contributed by atoms with E-state index in [1.807, 2.05) is 18.2 Å². The second kappa shape index (κ2) is 5.75. The Morgan fingerprint density at radius 2 is 1.56 bits per heavy atom. The van der Waals surface area contributed by atoms with E-state index in [2.05, 4.69) is 65.7 Å². The van der Waals surface area contributed by atoms with Crippen molar-refractivity contribution in [3.05, 3.63) is 101 Å². The van der Waals surface area contributed by atoms with Crippen LogP contribution in [-0.4, -0.2) is 5.71 Å². The maximum absolute atomic E-state index is 6.08. The number of fused-ring (bicyclic) bond motifs is 3. The quantitative estimate of drug-likeness (QED) is 0.601. The summed E-state index contributed by atoms with van der Waals surface area (Å²) >= 11 is 6.08. The number of hydrogen-bond donors (Lipinski definition) is 0. The second-order valence-corrected chi connectivity index (χ2v) is 7.06. The molecule has 1 aliphatic heterocycles. The van der Waals surface area contributed by atoms with Gasteiger partial charge in [0.2, 0.25) is 0 Å². The minimum Gasteiger partial charge on any atom is -0.257 e. The molecule has 0 saturated heterocycles. The molecule has 5 rings (SSSR count). The Hall–Kier alpha value is -2.58. The van der Waals surface area contributed by atoms with Crippen LogP contribution < -0.4 is 5.01 Å². The van der Waals surface area contributed by atoms with E-state index in [0.717, 1.165) is 28.4 Å². The summed E-state index contributed by atoms with van der Waals surface area (Å²) in [5.41, 5.74) is 6.27. The average Bonchev–Trinajstić information content (AvgIpc) is 3.21. The van der Waals surface area contributed by atoms with E-state index in [-0.39, 0.29) is 6.04 Å². The van der Waals surface area contributed by atoms with Gasteiger partial charge in [-0.1, -0.05) is 66.2 Å². The highest BCUT2D eigenvalue weighted by Gasteiger charge is 2.44. The summed E-state index contributed by atoms with van der Waals surface area (Å²) in [6.45, 7) is 0. The topological polar surface area (TPSA) is 15.6 Å². The molecule has 0 radical (unpaired) electrons. The normalized spacial score (nSPS) is 21.0. The van der Waals surface area contributed by atoms with Crippen LogP contribution in [0.3, 0.4) is 0 Å². The first-order valence-corrected chi connectivity index (χ1v) is 8.95. The third kappa shape index (κ3) is 2.37. The third-order valence-corrected chi connectivity index (χ3v) is 5.44. The molecule has 0 unspecified atom stereocenters. The van der Waals surface area contributed by atoms with Gasteiger partial charge in [-0.3, -0.25) is 5.01 Å². The molecule has 0 aromatic heterocycles. The van der Waals surface area contributed by atoms with Gasteiger partial charge in [-0.2, -0.15) is 5.10 Å². The number of rotatable bonds is 2. The number of para-hydroxylation sites is 1. The van der Waals surface area contributed by atoms with Gasteiger partial charge in [0.05, 0.1) is 17.4 Å². The number of hydrogen-bond acceptors (Lipinski definition) is 2. The smallest absolute Gasteiger partial charge is 0.0865 e. The Bertz CT molecular complexity index is 947. The van der Waals surface area contributed by atoms with Crippen LogP contribution in [0, 0.1) is 5.92 Å². The monoisotopic (exact) mass is 344 g/mol. The fourth-order valence-corrected chi connectivity index (χ4v) is 4.19. The summed E-state index contributed by atoms with van der Waals surface area (Å²) in [6, 6.07) is 27.5. The van der Waals surface area contributed by atoms with Crippen LogP contribution in [0.5, 0.6) is 0 Å². The Labute approximate surface area is 152 Å². The molecule has 3 aromatic carbocycles. The summed E-state index contributed by atoms with van der Waals surface area (Å²) in [6.07, 6.45) is 1.03. The summed E-state index contributed by atoms with van der Waals surface area (Å²) < 4.78 is 0. The van der Waals surface area contributed by atoms with E-state index in [9.17, 15) is 0 Å². The van der Waals surface area contributed by atoms with Crippen molar-refractivity contribution in [2.24, 2.45) is 11.0 Å². The van der Waals surface area contributed by atoms with Crippen molar-refractivity contribution in [1.82, 2.24) is 0 Å². The molecular formula is C22H17ClN2. The Morgan fingerprint density at radius 1 is 0.840 bits per heavy atom. The minimum atomic E-state index is 0.268. The third-order valence-electron chi connectivity index (χ3n) is 5.19. The van der Waals surface area contributed by atoms with Crippen molar-refractivity contribution >= 4 is 23.0 Å². The first kappa shape index (κ1) is 14.7. The van der Waals surface area contributed by atoms with Gasteiger partial charge in [0.25, 0.3) is 0 Å². The van der Waals surface area contributed by atoms with Crippen molar-refractivity contribution in [2.75, 3.05) is 5.01 Å². The molecule has 1 aliphatic carbocycles. The molecule has 2 aliphatic rings. The molecule has 3 heteroatoms. The van der Waals surface area contributed by atoms with E-state index in [0.29, 0.717) is 5.92 Å². The molecule has 122 valence electrons. The number of benzene rings is 3. The minimum absolute atomic E-state index is 0.268. The lowest BCUT2D eigenvalue weighted by molar-refractivity contribution is 0.597. The van der Waals surface area contributed by atoms with Crippen LogP contribution in [0.4, 0.5) is 5.69 Å². The van der Waals surface area contributed by atoms with Crippen LogP contribution in [-0.2, 0) is 6.42 Å². The molecule has 0 saturated carbocycles. The van der Waals surface area contributed by atoms with E-state index in [4.69, 9.17) is 16.7 Å². The summed E-state index contributed by atoms with van der Waals surface area (Å²) in [5.74, 6) is 0.374. The zero-order valence-electron chi connectivity index (χ0n) is 13.6. The van der Waals surface area contributed by atoms with E-state index < -0.39 is 0 Å². The van der Waals surface area contributed by atoms with Crippen molar-refractivity contribution in [3.8, 4) is 0 Å². The second-order valence-electron chi connectivity index (χ2n) is 6.63. The van der Waals surface area contributed by atoms with Gasteiger partial charge >= 0.3 is 0 Å². The Kier molecular flexibility index (Phi) is 3.39. The molecule has 0 spiro atoms. The molecule has 25 heavy (non-hydrogen) atoms. The van der Waals surface area contributed by atoms with Crippen LogP contribution in [0.15, 0.2) is 84.0 Å². The van der Waals surface area contributed by atoms with Gasteiger partial charge in [0.15, 0.2) is 0 Å². The zero-order chi connectivity index (χ0) is 16.8. The first-order valence-electron chi connectivity index (χ1n) is 8.58. The molecule has 0 N–H and O–H groups in total. The maximum atomic E-state index is 6.08. The predicted octanol–water partition coefficient (Wildman–Crippen LogP) is 5.48. The molecule has 0 fully saturated rings. The van der Waals surface area contributed by atoms with E-state index in [1.54, 1.807) is 0 Å². The maximum Gasteiger partial charge on any atom is 0.0865 e. The lowest BCUT2D eigenvalue weighted by atomic mass is 9.92. The molecule has 3 aromatic rings. The highest BCUT2D eigenvalue weighted by atomic mass is 35.5. The molecular weight excluding hydrogens is 328 g/mol. The van der Waals surface area contributed by atoms with E-state index >= 15 is 0 Å². The first-order chi connectivity index (χ1) is 12.3. The summed E-state index contributed by atoms with van der Waals surface area (Å²) in [4.78, 5) is 0. The Balaban J connectivity index is 1.65. The van der Waals surface area contributed by atoms with Gasteiger partial charge < -0.3 is 0 Å². The van der Waals surface area contributed by atoms with Crippen molar-refractivity contribution in [2.45, 2.75) is 12.5 Å². The van der Waals surface area contributed by atoms with Crippen LogP contribution in [0.1, 0.15) is 22.7 Å². The largest absolute Gasteiger partial charge is 0.257 e. The van der Waals surface area contributed by atoms with E-state index in [1.165, 1.54) is 11.1 Å². The fourth-order valence-electron chi connectivity index (χ4n) is 4.07. The van der Waals surface area contributed by atoms with Crippen LogP contribution >= 0.6 is 11.6 Å². The summed E-state index contributed by atoms with van der Waals surface area (Å²) in [7, 11) is 0. The zero-order valence-corrected chi connectivity index (χ0v) is 14.4. The average molecular weight is 345 g/mol. The fraction of sp³-hybridized carbons (Fsp3) is 0.136. The van der Waals surface area contributed by atoms with Gasteiger partial charge in [-0.25, -0.2) is 0 Å². The van der Waals surface area contributed by atoms with Gasteiger partial charge in [0.1, 0.15) is 0 Å². The number of anilines is 1. The standard InChI is InChI=1S/C22H17ClN2/c23-17-12-10-15(11-13-17)21-20-14-16-6-4-5-9-19(16)22(20)25(24-21)18-7-2-1-3-8-18/h1-13,20,22H,14H2/t20-,22-/m0/s1. The summed E-state index contributed by atoms with van der Waals surface area (Å²) in [5, 5.41) is 8.00. The highest BCUT2D eigenvalue weighted by molar-refractivity contribution is 6.30. The number of nitrogens with zero attached hydrogens (tertiary/aromatic N) is 2. The predicted molar refractivity (Wildman–Crippen MR) is 103 cm³/mol. The molecule has 0 bridgehead atoms. The lowest BCUT2D eigenvalue weighted by Crippen LogP contribution is -2.22.